The van der Waals surface area contributed by atoms with Gasteiger partial charge in [-0.2, -0.15) is 0 Å². The van der Waals surface area contributed by atoms with Crippen molar-refractivity contribution in [2.45, 2.75) is 36.3 Å². The molecule has 3 rings (SSSR count). The van der Waals surface area contributed by atoms with E-state index in [2.05, 4.69) is 10.0 Å². The highest BCUT2D eigenvalue weighted by atomic mass is 32.2. The summed E-state index contributed by atoms with van der Waals surface area (Å²) in [4.78, 5) is 11.8. The van der Waals surface area contributed by atoms with Crippen LogP contribution in [0.25, 0.3) is 0 Å². The van der Waals surface area contributed by atoms with Gasteiger partial charge in [-0.3, -0.25) is 4.79 Å². The number of hydrogen-bond acceptors (Lipinski definition) is 5. The predicted molar refractivity (Wildman–Crippen MR) is 91.8 cm³/mol. The molecule has 0 bridgehead atoms. The second-order valence-corrected chi connectivity index (χ2v) is 8.23. The third-order valence-electron chi connectivity index (χ3n) is 4.48. The summed E-state index contributed by atoms with van der Waals surface area (Å²) in [5.74, 6) is 0.285. The van der Waals surface area contributed by atoms with Gasteiger partial charge < -0.3 is 14.8 Å². The van der Waals surface area contributed by atoms with Crippen LogP contribution in [0.15, 0.2) is 29.2 Å². The van der Waals surface area contributed by atoms with Gasteiger partial charge in [0.15, 0.2) is 0 Å². The maximum atomic E-state index is 12.7. The van der Waals surface area contributed by atoms with Crippen LogP contribution in [-0.2, 0) is 19.5 Å². The van der Waals surface area contributed by atoms with E-state index in [0.29, 0.717) is 31.1 Å². The van der Waals surface area contributed by atoms with Crippen LogP contribution in [0.4, 0.5) is 0 Å². The second-order valence-electron chi connectivity index (χ2n) is 6.51. The summed E-state index contributed by atoms with van der Waals surface area (Å²) < 4.78 is 39.4. The zero-order chi connectivity index (χ0) is 17.9. The first kappa shape index (κ1) is 18.3. The molecule has 0 unspecified atom stereocenters. The van der Waals surface area contributed by atoms with Crippen molar-refractivity contribution in [3.63, 3.8) is 0 Å². The number of sulfonamides is 1. The molecule has 7 nitrogen and oxygen atoms in total. The standard InChI is InChI=1S/C17H24N2O5S/c1-18-17(20)13-3-2-4-14(9-13)25(21,22)19-15-11-23-8-7-16(15)24-10-12-5-6-12/h2-4,9,12,15-16,19H,5-8,10-11H2,1H3,(H,18,20)/t15-,16+/m1/s1. The van der Waals surface area contributed by atoms with Crippen LogP contribution in [0.2, 0.25) is 0 Å². The summed E-state index contributed by atoms with van der Waals surface area (Å²) in [6.07, 6.45) is 2.85. The minimum atomic E-state index is -3.77. The zero-order valence-corrected chi connectivity index (χ0v) is 15.1. The van der Waals surface area contributed by atoms with Gasteiger partial charge in [0, 0.05) is 25.8 Å². The van der Waals surface area contributed by atoms with Gasteiger partial charge in [-0.25, -0.2) is 13.1 Å². The SMILES string of the molecule is CNC(=O)c1cccc(S(=O)(=O)N[C@@H]2COCC[C@@H]2OCC2CC2)c1. The Labute approximate surface area is 148 Å². The highest BCUT2D eigenvalue weighted by molar-refractivity contribution is 7.89. The number of carbonyl (C=O) groups excluding carboxylic acids is 1. The fourth-order valence-electron chi connectivity index (χ4n) is 2.79. The molecule has 1 aliphatic heterocycles. The zero-order valence-electron chi connectivity index (χ0n) is 14.2. The van der Waals surface area contributed by atoms with E-state index in [9.17, 15) is 13.2 Å². The van der Waals surface area contributed by atoms with Gasteiger partial charge in [0.2, 0.25) is 10.0 Å². The third kappa shape index (κ3) is 4.78. The van der Waals surface area contributed by atoms with Gasteiger partial charge in [0.1, 0.15) is 0 Å². The summed E-state index contributed by atoms with van der Waals surface area (Å²) in [5.41, 5.74) is 0.298. The minimum absolute atomic E-state index is 0.0557. The maximum Gasteiger partial charge on any atom is 0.251 e. The first-order valence-corrected chi connectivity index (χ1v) is 10.0. The van der Waals surface area contributed by atoms with Gasteiger partial charge in [-0.1, -0.05) is 6.07 Å². The Morgan fingerprint density at radius 2 is 2.12 bits per heavy atom. The summed E-state index contributed by atoms with van der Waals surface area (Å²) >= 11 is 0. The molecule has 0 aromatic heterocycles. The van der Waals surface area contributed by atoms with E-state index in [-0.39, 0.29) is 23.5 Å². The van der Waals surface area contributed by atoms with Gasteiger partial charge in [-0.05, 0) is 43.4 Å². The van der Waals surface area contributed by atoms with Crippen LogP contribution in [0, 0.1) is 5.92 Å². The quantitative estimate of drug-likeness (QED) is 0.746. The predicted octanol–water partition coefficient (Wildman–Crippen LogP) is 0.909. The number of hydrogen-bond donors (Lipinski definition) is 2. The van der Waals surface area contributed by atoms with Gasteiger partial charge in [0.25, 0.3) is 5.91 Å². The van der Waals surface area contributed by atoms with Crippen molar-refractivity contribution in [1.82, 2.24) is 10.0 Å². The lowest BCUT2D eigenvalue weighted by atomic mass is 10.1. The van der Waals surface area contributed by atoms with Gasteiger partial charge >= 0.3 is 0 Å². The molecule has 2 fully saturated rings. The highest BCUT2D eigenvalue weighted by Gasteiger charge is 2.33. The summed E-state index contributed by atoms with van der Waals surface area (Å²) in [7, 11) is -2.27. The molecule has 25 heavy (non-hydrogen) atoms. The Bertz CT molecular complexity index is 718. The van der Waals surface area contributed by atoms with E-state index in [1.165, 1.54) is 32.0 Å². The number of ether oxygens (including phenoxy) is 2. The van der Waals surface area contributed by atoms with Crippen molar-refractivity contribution in [1.29, 1.82) is 0 Å². The van der Waals surface area contributed by atoms with E-state index in [1.54, 1.807) is 12.1 Å². The molecule has 2 N–H and O–H groups in total. The van der Waals surface area contributed by atoms with Crippen molar-refractivity contribution in [2.24, 2.45) is 5.92 Å². The molecule has 0 spiro atoms. The molecule has 138 valence electrons. The van der Waals surface area contributed by atoms with E-state index in [0.717, 1.165) is 0 Å². The summed E-state index contributed by atoms with van der Waals surface area (Å²) in [6.45, 7) is 1.53. The molecule has 1 saturated carbocycles. The Morgan fingerprint density at radius 1 is 1.32 bits per heavy atom. The molecule has 8 heteroatoms. The Morgan fingerprint density at radius 3 is 2.84 bits per heavy atom. The number of rotatable bonds is 7. The molecule has 1 heterocycles. The Balaban J connectivity index is 1.71. The Hall–Kier alpha value is -1.48. The van der Waals surface area contributed by atoms with Crippen LogP contribution in [0.5, 0.6) is 0 Å². The fraction of sp³-hybridized carbons (Fsp3) is 0.588. The number of carbonyl (C=O) groups is 1. The fourth-order valence-corrected chi connectivity index (χ4v) is 4.08. The van der Waals surface area contributed by atoms with Crippen LogP contribution >= 0.6 is 0 Å². The van der Waals surface area contributed by atoms with Crippen LogP contribution in [-0.4, -0.2) is 53.3 Å². The normalized spacial score (nSPS) is 24.0. The van der Waals surface area contributed by atoms with Crippen molar-refractivity contribution in [3.05, 3.63) is 29.8 Å². The van der Waals surface area contributed by atoms with Crippen LogP contribution < -0.4 is 10.0 Å². The first-order valence-electron chi connectivity index (χ1n) is 8.53. The molecule has 2 aliphatic rings. The largest absolute Gasteiger partial charge is 0.380 e. The third-order valence-corrected chi connectivity index (χ3v) is 5.96. The average Bonchev–Trinajstić information content (AvgIpc) is 3.44. The molecule has 1 aromatic rings. The van der Waals surface area contributed by atoms with E-state index in [1.807, 2.05) is 0 Å². The monoisotopic (exact) mass is 368 g/mol. The van der Waals surface area contributed by atoms with Gasteiger partial charge in [-0.15, -0.1) is 0 Å². The molecular weight excluding hydrogens is 344 g/mol. The Kier molecular flexibility index (Phi) is 5.73. The summed E-state index contributed by atoms with van der Waals surface area (Å²) in [5, 5.41) is 2.49. The lowest BCUT2D eigenvalue weighted by molar-refractivity contribution is -0.0533. The molecule has 1 aromatic carbocycles. The van der Waals surface area contributed by atoms with Crippen molar-refractivity contribution in [2.75, 3.05) is 26.9 Å². The molecule has 2 atom stereocenters. The van der Waals surface area contributed by atoms with E-state index < -0.39 is 16.1 Å². The number of nitrogens with one attached hydrogen (secondary N) is 2. The van der Waals surface area contributed by atoms with E-state index in [4.69, 9.17) is 9.47 Å². The molecule has 0 radical (unpaired) electrons. The lowest BCUT2D eigenvalue weighted by Crippen LogP contribution is -2.50. The van der Waals surface area contributed by atoms with Crippen molar-refractivity contribution < 1.29 is 22.7 Å². The highest BCUT2D eigenvalue weighted by Crippen LogP contribution is 2.30. The van der Waals surface area contributed by atoms with Gasteiger partial charge in [0.05, 0.1) is 23.6 Å². The van der Waals surface area contributed by atoms with Crippen molar-refractivity contribution >= 4 is 15.9 Å². The molecular formula is C17H24N2O5S. The summed E-state index contributed by atoms with van der Waals surface area (Å²) in [6, 6.07) is 5.53. The van der Waals surface area contributed by atoms with E-state index >= 15 is 0 Å². The number of benzene rings is 1. The topological polar surface area (TPSA) is 93.7 Å². The smallest absolute Gasteiger partial charge is 0.251 e. The minimum Gasteiger partial charge on any atom is -0.380 e. The number of amides is 1. The van der Waals surface area contributed by atoms with Crippen LogP contribution in [0.1, 0.15) is 29.6 Å². The average molecular weight is 368 g/mol. The van der Waals surface area contributed by atoms with Crippen LogP contribution in [0.3, 0.4) is 0 Å². The maximum absolute atomic E-state index is 12.7. The molecule has 1 amide bonds. The first-order chi connectivity index (χ1) is 12.0. The molecule has 1 saturated heterocycles. The molecule has 1 aliphatic carbocycles. The van der Waals surface area contributed by atoms with Crippen molar-refractivity contribution in [3.8, 4) is 0 Å². The second kappa shape index (κ2) is 7.82. The lowest BCUT2D eigenvalue weighted by Gasteiger charge is -2.32.